The molecule has 2 aromatic rings. The maximum atomic E-state index is 6.30. The molecule has 0 aliphatic carbocycles. The Labute approximate surface area is 125 Å². The second-order valence-corrected chi connectivity index (χ2v) is 7.41. The Bertz CT molecular complexity index is 590. The van der Waals surface area contributed by atoms with E-state index in [1.807, 2.05) is 24.3 Å². The van der Waals surface area contributed by atoms with Crippen molar-refractivity contribution in [3.63, 3.8) is 0 Å². The van der Waals surface area contributed by atoms with Gasteiger partial charge in [0.1, 0.15) is 11.0 Å². The summed E-state index contributed by atoms with van der Waals surface area (Å²) in [5.41, 5.74) is 1.83. The van der Waals surface area contributed by atoms with Crippen LogP contribution in [0.5, 0.6) is 0 Å². The Morgan fingerprint density at radius 1 is 0.905 bits per heavy atom. The molecule has 2 saturated heterocycles. The van der Waals surface area contributed by atoms with Gasteiger partial charge in [-0.25, -0.2) is 9.34 Å². The number of fused-ring (bicyclic) bond motifs is 1. The molecule has 3 heterocycles. The summed E-state index contributed by atoms with van der Waals surface area (Å²) in [7, 11) is -0.760. The lowest BCUT2D eigenvalue weighted by atomic mass is 10.3. The van der Waals surface area contributed by atoms with Gasteiger partial charge in [0, 0.05) is 26.2 Å². The van der Waals surface area contributed by atoms with Crippen molar-refractivity contribution in [1.29, 1.82) is 0 Å². The van der Waals surface area contributed by atoms with Crippen LogP contribution in [0.2, 0.25) is 0 Å². The van der Waals surface area contributed by atoms with Crippen LogP contribution in [0.15, 0.2) is 24.3 Å². The molecule has 2 fully saturated rings. The van der Waals surface area contributed by atoms with E-state index < -0.39 is 8.45 Å². The smallest absolute Gasteiger partial charge is 0.278 e. The first kappa shape index (κ1) is 13.4. The van der Waals surface area contributed by atoms with E-state index in [2.05, 4.69) is 19.7 Å². The van der Waals surface area contributed by atoms with Crippen LogP contribution in [0, 0.1) is 0 Å². The van der Waals surface area contributed by atoms with E-state index >= 15 is 0 Å². The molecule has 2 aliphatic heterocycles. The Morgan fingerprint density at radius 3 is 2.19 bits per heavy atom. The van der Waals surface area contributed by atoms with E-state index in [1.165, 1.54) is 25.7 Å². The van der Waals surface area contributed by atoms with Crippen LogP contribution in [-0.2, 0) is 0 Å². The topological polar surface area (TPSA) is 46.4 Å². The standard InChI is InChI=1S/C14H20N5OP/c1-2-8-14-13(7-1)15-16-19(14)20-21(17-9-3-4-10-17)18-11-5-6-12-18/h1-2,7-8H,3-6,9-12H2. The van der Waals surface area contributed by atoms with Crippen molar-refractivity contribution in [2.24, 2.45) is 0 Å². The molecule has 4 rings (SSSR count). The van der Waals surface area contributed by atoms with Crippen LogP contribution < -0.4 is 4.62 Å². The van der Waals surface area contributed by atoms with E-state index in [-0.39, 0.29) is 0 Å². The molecule has 7 heteroatoms. The highest BCUT2D eigenvalue weighted by Crippen LogP contribution is 2.46. The first-order valence-electron chi connectivity index (χ1n) is 7.70. The molecule has 0 bridgehead atoms. The summed E-state index contributed by atoms with van der Waals surface area (Å²) in [6.45, 7) is 4.54. The largest absolute Gasteiger partial charge is 0.342 e. The minimum absolute atomic E-state index is 0.760. The van der Waals surface area contributed by atoms with Gasteiger partial charge in [0.05, 0.1) is 0 Å². The second kappa shape index (κ2) is 5.87. The van der Waals surface area contributed by atoms with Gasteiger partial charge in [0.25, 0.3) is 8.45 Å². The lowest BCUT2D eigenvalue weighted by Gasteiger charge is -2.31. The number of para-hydroxylation sites is 1. The number of rotatable bonds is 4. The van der Waals surface area contributed by atoms with Gasteiger partial charge in [-0.05, 0) is 43.0 Å². The molecule has 21 heavy (non-hydrogen) atoms. The zero-order chi connectivity index (χ0) is 14.1. The molecule has 0 N–H and O–H groups in total. The molecule has 0 saturated carbocycles. The van der Waals surface area contributed by atoms with Crippen LogP contribution in [-0.4, -0.2) is 50.7 Å². The number of aromatic nitrogens is 3. The fraction of sp³-hybridized carbons (Fsp3) is 0.571. The third kappa shape index (κ3) is 2.63. The summed E-state index contributed by atoms with van der Waals surface area (Å²) >= 11 is 0. The van der Waals surface area contributed by atoms with E-state index in [1.54, 1.807) is 4.85 Å². The highest BCUT2D eigenvalue weighted by Gasteiger charge is 2.33. The van der Waals surface area contributed by atoms with Crippen LogP contribution in [0.4, 0.5) is 0 Å². The van der Waals surface area contributed by atoms with Gasteiger partial charge in [-0.15, -0.1) is 5.10 Å². The average molecular weight is 305 g/mol. The van der Waals surface area contributed by atoms with Crippen LogP contribution in [0.25, 0.3) is 11.0 Å². The first-order valence-corrected chi connectivity index (χ1v) is 8.87. The highest BCUT2D eigenvalue weighted by atomic mass is 31.2. The van der Waals surface area contributed by atoms with Crippen LogP contribution >= 0.6 is 8.45 Å². The van der Waals surface area contributed by atoms with Crippen molar-refractivity contribution < 1.29 is 4.62 Å². The van der Waals surface area contributed by atoms with Gasteiger partial charge in [0.15, 0.2) is 0 Å². The lowest BCUT2D eigenvalue weighted by molar-refractivity contribution is 0.219. The van der Waals surface area contributed by atoms with E-state index in [9.17, 15) is 0 Å². The molecular weight excluding hydrogens is 285 g/mol. The van der Waals surface area contributed by atoms with Gasteiger partial charge < -0.3 is 4.62 Å². The van der Waals surface area contributed by atoms with E-state index in [0.29, 0.717) is 0 Å². The fourth-order valence-electron chi connectivity index (χ4n) is 3.00. The minimum Gasteiger partial charge on any atom is -0.342 e. The quantitative estimate of drug-likeness (QED) is 0.811. The predicted octanol–water partition coefficient (Wildman–Crippen LogP) is 2.28. The Balaban J connectivity index is 1.61. The lowest BCUT2D eigenvalue weighted by Crippen LogP contribution is -2.31. The monoisotopic (exact) mass is 305 g/mol. The molecule has 1 aromatic heterocycles. The van der Waals surface area contributed by atoms with Gasteiger partial charge in [-0.1, -0.05) is 17.0 Å². The van der Waals surface area contributed by atoms with Gasteiger partial charge in [-0.3, -0.25) is 0 Å². The summed E-state index contributed by atoms with van der Waals surface area (Å²) < 4.78 is 11.3. The maximum absolute atomic E-state index is 6.30. The van der Waals surface area contributed by atoms with Crippen molar-refractivity contribution in [3.8, 4) is 0 Å². The van der Waals surface area contributed by atoms with Crippen molar-refractivity contribution in [3.05, 3.63) is 24.3 Å². The number of hydrogen-bond donors (Lipinski definition) is 0. The van der Waals surface area contributed by atoms with Crippen LogP contribution in [0.3, 0.4) is 0 Å². The summed E-state index contributed by atoms with van der Waals surface area (Å²) in [5, 5.41) is 8.37. The van der Waals surface area contributed by atoms with Crippen molar-refractivity contribution >= 4 is 19.5 Å². The zero-order valence-corrected chi connectivity index (χ0v) is 13.0. The molecule has 0 spiro atoms. The normalized spacial score (nSPS) is 20.8. The molecule has 0 amide bonds. The SMILES string of the molecule is c1ccc2c(c1)nnn2OP(N1CCCC1)N1CCCC1. The van der Waals surface area contributed by atoms with Gasteiger partial charge >= 0.3 is 0 Å². The highest BCUT2D eigenvalue weighted by molar-refractivity contribution is 7.47. The number of benzene rings is 1. The number of nitrogens with zero attached hydrogens (tertiary/aromatic N) is 5. The fourth-order valence-corrected chi connectivity index (χ4v) is 5.08. The summed E-state index contributed by atoms with van der Waals surface area (Å²) in [6, 6.07) is 7.96. The predicted molar refractivity (Wildman–Crippen MR) is 82.6 cm³/mol. The molecule has 112 valence electrons. The first-order chi connectivity index (χ1) is 10.4. The van der Waals surface area contributed by atoms with Crippen LogP contribution in [0.1, 0.15) is 25.7 Å². The molecule has 1 aromatic carbocycles. The third-order valence-corrected chi connectivity index (χ3v) is 6.19. The molecule has 0 unspecified atom stereocenters. The third-order valence-electron chi connectivity index (χ3n) is 4.12. The molecule has 0 atom stereocenters. The van der Waals surface area contributed by atoms with Gasteiger partial charge in [0.2, 0.25) is 0 Å². The van der Waals surface area contributed by atoms with Gasteiger partial charge in [-0.2, -0.15) is 0 Å². The zero-order valence-electron chi connectivity index (χ0n) is 12.1. The summed E-state index contributed by atoms with van der Waals surface area (Å²) in [6.07, 6.45) is 5.09. The van der Waals surface area contributed by atoms with E-state index in [0.717, 1.165) is 37.2 Å². The molecule has 0 radical (unpaired) electrons. The Kier molecular flexibility index (Phi) is 3.76. The molecular formula is C14H20N5OP. The van der Waals surface area contributed by atoms with Crippen molar-refractivity contribution in [1.82, 2.24) is 24.5 Å². The summed E-state index contributed by atoms with van der Waals surface area (Å²) in [5.74, 6) is 0. The summed E-state index contributed by atoms with van der Waals surface area (Å²) in [4.78, 5) is 1.62. The Morgan fingerprint density at radius 2 is 1.52 bits per heavy atom. The Hall–Kier alpha value is -1.23. The number of hydrogen-bond acceptors (Lipinski definition) is 5. The van der Waals surface area contributed by atoms with Crippen molar-refractivity contribution in [2.75, 3.05) is 26.2 Å². The second-order valence-electron chi connectivity index (χ2n) is 5.61. The van der Waals surface area contributed by atoms with Crippen molar-refractivity contribution in [2.45, 2.75) is 25.7 Å². The minimum atomic E-state index is -0.760. The molecule has 2 aliphatic rings. The molecule has 6 nitrogen and oxygen atoms in total. The van der Waals surface area contributed by atoms with E-state index in [4.69, 9.17) is 4.62 Å². The average Bonchev–Trinajstić information content (AvgIpc) is 3.26. The maximum Gasteiger partial charge on any atom is 0.278 e.